The summed E-state index contributed by atoms with van der Waals surface area (Å²) in [6, 6.07) is 45.6. The lowest BCUT2D eigenvalue weighted by molar-refractivity contribution is 1.07. The molecule has 0 fully saturated rings. The molecule has 0 amide bonds. The van der Waals surface area contributed by atoms with E-state index in [1.165, 1.54) is 54.8 Å². The van der Waals surface area contributed by atoms with Crippen LogP contribution in [0.15, 0.2) is 140 Å². The van der Waals surface area contributed by atoms with E-state index >= 15 is 0 Å². The molecule has 0 saturated heterocycles. The third-order valence-electron chi connectivity index (χ3n) is 9.03. The van der Waals surface area contributed by atoms with Gasteiger partial charge in [0.2, 0.25) is 0 Å². The molecular formula is C39H23N5. The van der Waals surface area contributed by atoms with Crippen LogP contribution < -0.4 is 0 Å². The molecule has 0 N–H and O–H groups in total. The first-order valence-electron chi connectivity index (χ1n) is 14.8. The predicted octanol–water partition coefficient (Wildman–Crippen LogP) is 9.38. The first-order valence-corrected chi connectivity index (χ1v) is 14.8. The summed E-state index contributed by atoms with van der Waals surface area (Å²) in [6.07, 6.45) is 3.40. The van der Waals surface area contributed by atoms with Crippen LogP contribution in [-0.2, 0) is 0 Å². The maximum Gasteiger partial charge on any atom is 0.168 e. The van der Waals surface area contributed by atoms with Crippen molar-refractivity contribution in [2.45, 2.75) is 0 Å². The number of aromatic nitrogens is 5. The van der Waals surface area contributed by atoms with Gasteiger partial charge in [-0.3, -0.25) is 4.57 Å². The lowest BCUT2D eigenvalue weighted by Gasteiger charge is -2.18. The Labute approximate surface area is 252 Å². The number of fused-ring (bicyclic) bond motifs is 7. The molecule has 0 bridgehead atoms. The topological polar surface area (TPSA) is 48.5 Å². The molecule has 0 spiro atoms. The largest absolute Gasteiger partial charge is 0.309 e. The Morgan fingerprint density at radius 3 is 1.95 bits per heavy atom. The van der Waals surface area contributed by atoms with Crippen molar-refractivity contribution < 1.29 is 0 Å². The van der Waals surface area contributed by atoms with Crippen molar-refractivity contribution in [3.05, 3.63) is 140 Å². The van der Waals surface area contributed by atoms with Gasteiger partial charge >= 0.3 is 0 Å². The van der Waals surface area contributed by atoms with E-state index < -0.39 is 0 Å². The first kappa shape index (κ1) is 23.5. The highest BCUT2D eigenvalue weighted by atomic mass is 15.1. The molecule has 6 aromatic carbocycles. The fourth-order valence-corrected chi connectivity index (χ4v) is 7.29. The Morgan fingerprint density at radius 2 is 1.20 bits per heavy atom. The summed E-state index contributed by atoms with van der Waals surface area (Å²) < 4.78 is 4.60. The van der Waals surface area contributed by atoms with Crippen molar-refractivity contribution >= 4 is 43.7 Å². The molecule has 1 aliphatic rings. The predicted molar refractivity (Wildman–Crippen MR) is 178 cm³/mol. The first-order chi connectivity index (χ1) is 21.9. The molecule has 3 aromatic heterocycles. The molecule has 0 atom stereocenters. The van der Waals surface area contributed by atoms with E-state index in [-0.39, 0.29) is 0 Å². The summed E-state index contributed by atoms with van der Waals surface area (Å²) in [7, 11) is 0. The minimum absolute atomic E-state index is 0.764. The Hall–Kier alpha value is -6.07. The molecule has 1 aliphatic carbocycles. The zero-order chi connectivity index (χ0) is 28.8. The molecule has 0 unspecified atom stereocenters. The molecule has 9 aromatic rings. The third-order valence-corrected chi connectivity index (χ3v) is 9.03. The van der Waals surface area contributed by atoms with Crippen LogP contribution in [0.5, 0.6) is 0 Å². The van der Waals surface area contributed by atoms with Crippen molar-refractivity contribution in [2.24, 2.45) is 0 Å². The van der Waals surface area contributed by atoms with Gasteiger partial charge in [-0.2, -0.15) is 0 Å². The van der Waals surface area contributed by atoms with E-state index in [1.54, 1.807) is 12.5 Å². The second kappa shape index (κ2) is 8.72. The van der Waals surface area contributed by atoms with Crippen molar-refractivity contribution in [1.29, 1.82) is 0 Å². The van der Waals surface area contributed by atoms with Crippen LogP contribution in [0.2, 0.25) is 0 Å². The lowest BCUT2D eigenvalue weighted by Crippen LogP contribution is -2.02. The number of benzene rings is 6. The molecule has 0 radical (unpaired) electrons. The Bertz CT molecular complexity index is 2550. The number of para-hydroxylation sites is 3. The Kier molecular flexibility index (Phi) is 4.66. The van der Waals surface area contributed by atoms with Gasteiger partial charge in [-0.15, -0.1) is 0 Å². The number of rotatable bonds is 3. The molecule has 204 valence electrons. The zero-order valence-electron chi connectivity index (χ0n) is 23.5. The van der Waals surface area contributed by atoms with E-state index in [9.17, 15) is 0 Å². The summed E-state index contributed by atoms with van der Waals surface area (Å²) in [4.78, 5) is 14.2. The zero-order valence-corrected chi connectivity index (χ0v) is 23.5. The van der Waals surface area contributed by atoms with Gasteiger partial charge in [0.25, 0.3) is 0 Å². The molecule has 0 aliphatic heterocycles. The smallest absolute Gasteiger partial charge is 0.168 e. The highest BCUT2D eigenvalue weighted by Gasteiger charge is 2.30. The number of nitrogens with zero attached hydrogens (tertiary/aromatic N) is 5. The van der Waals surface area contributed by atoms with E-state index in [0.717, 1.165) is 33.9 Å². The minimum atomic E-state index is 0.764. The summed E-state index contributed by atoms with van der Waals surface area (Å²) in [6.45, 7) is 0. The van der Waals surface area contributed by atoms with Crippen molar-refractivity contribution in [2.75, 3.05) is 0 Å². The van der Waals surface area contributed by atoms with Gasteiger partial charge < -0.3 is 4.57 Å². The van der Waals surface area contributed by atoms with Crippen molar-refractivity contribution in [3.63, 3.8) is 0 Å². The fraction of sp³-hybridized carbons (Fsp3) is 0. The van der Waals surface area contributed by atoms with Gasteiger partial charge in [0.15, 0.2) is 5.65 Å². The maximum atomic E-state index is 5.19. The second-order valence-corrected chi connectivity index (χ2v) is 11.3. The average molecular weight is 562 g/mol. The summed E-state index contributed by atoms with van der Waals surface area (Å²) >= 11 is 0. The lowest BCUT2D eigenvalue weighted by atomic mass is 9.95. The SMILES string of the molecule is c1ccc(-n2c(-c3ccc(-n4c5ccccc5c5ccccc54)c4c3-c3cccc5cccc-4c35)nc3cncnc32)cc1. The monoisotopic (exact) mass is 561 g/mol. The number of imidazole rings is 1. The molecule has 5 heteroatoms. The number of hydrogen-bond acceptors (Lipinski definition) is 3. The van der Waals surface area contributed by atoms with E-state index in [2.05, 4.69) is 140 Å². The fourth-order valence-electron chi connectivity index (χ4n) is 7.29. The Balaban J connectivity index is 1.38. The number of hydrogen-bond donors (Lipinski definition) is 0. The van der Waals surface area contributed by atoms with Crippen molar-refractivity contribution in [3.8, 4) is 45.0 Å². The van der Waals surface area contributed by atoms with Gasteiger partial charge in [0.05, 0.1) is 22.9 Å². The summed E-state index contributed by atoms with van der Waals surface area (Å²) in [5.74, 6) is 0.849. The van der Waals surface area contributed by atoms with Crippen LogP contribution in [-0.4, -0.2) is 24.1 Å². The van der Waals surface area contributed by atoms with Gasteiger partial charge in [0.1, 0.15) is 17.7 Å². The second-order valence-electron chi connectivity index (χ2n) is 11.3. The molecule has 0 saturated carbocycles. The maximum absolute atomic E-state index is 5.19. The summed E-state index contributed by atoms with van der Waals surface area (Å²) in [5.41, 5.74) is 12.1. The molecule has 10 rings (SSSR count). The summed E-state index contributed by atoms with van der Waals surface area (Å²) in [5, 5.41) is 5.01. The Morgan fingerprint density at radius 1 is 0.523 bits per heavy atom. The normalized spacial score (nSPS) is 12.1. The highest BCUT2D eigenvalue weighted by molar-refractivity contribution is 6.20. The van der Waals surface area contributed by atoms with Crippen LogP contribution >= 0.6 is 0 Å². The van der Waals surface area contributed by atoms with Crippen LogP contribution in [0, 0.1) is 0 Å². The quantitative estimate of drug-likeness (QED) is 0.216. The highest BCUT2D eigenvalue weighted by Crippen LogP contribution is 2.54. The van der Waals surface area contributed by atoms with E-state index in [0.29, 0.717) is 0 Å². The van der Waals surface area contributed by atoms with Gasteiger partial charge in [-0.05, 0) is 58.3 Å². The van der Waals surface area contributed by atoms with Crippen LogP contribution in [0.4, 0.5) is 0 Å². The van der Waals surface area contributed by atoms with Gasteiger partial charge in [-0.25, -0.2) is 15.0 Å². The van der Waals surface area contributed by atoms with Crippen molar-refractivity contribution in [1.82, 2.24) is 24.1 Å². The minimum Gasteiger partial charge on any atom is -0.309 e. The van der Waals surface area contributed by atoms with Crippen LogP contribution in [0.25, 0.3) is 88.8 Å². The average Bonchev–Trinajstić information content (AvgIpc) is 3.75. The van der Waals surface area contributed by atoms with Crippen LogP contribution in [0.3, 0.4) is 0 Å². The van der Waals surface area contributed by atoms with Gasteiger partial charge in [-0.1, -0.05) is 91.0 Å². The standard InChI is InChI=1S/C39H23N5/c1-2-12-25(13-3-1)43-38(42-31-22-40-23-41-39(31)43)30-20-21-34(37-29-17-9-11-24-10-8-16-28(35(24)29)36(30)37)44-32-18-6-4-14-26(32)27-15-5-7-19-33(27)44/h1-23H. The van der Waals surface area contributed by atoms with Crippen LogP contribution in [0.1, 0.15) is 0 Å². The van der Waals surface area contributed by atoms with E-state index in [1.807, 2.05) is 6.07 Å². The van der Waals surface area contributed by atoms with Gasteiger partial charge in [0, 0.05) is 33.2 Å². The molecule has 44 heavy (non-hydrogen) atoms. The molecule has 5 nitrogen and oxygen atoms in total. The third kappa shape index (κ3) is 3.05. The molecular weight excluding hydrogens is 538 g/mol. The van der Waals surface area contributed by atoms with E-state index in [4.69, 9.17) is 4.98 Å². The molecule has 3 heterocycles.